The third-order valence-corrected chi connectivity index (χ3v) is 4.06. The van der Waals surface area contributed by atoms with E-state index in [2.05, 4.69) is 6.58 Å². The predicted molar refractivity (Wildman–Crippen MR) is 104 cm³/mol. The molecule has 136 valence electrons. The molecule has 2 rings (SSSR count). The maximum absolute atomic E-state index is 11.5. The molecular formula is C20H18Cl2O4. The van der Waals surface area contributed by atoms with E-state index in [4.69, 9.17) is 37.4 Å². The summed E-state index contributed by atoms with van der Waals surface area (Å²) in [5.41, 5.74) is 1.66. The summed E-state index contributed by atoms with van der Waals surface area (Å²) in [7, 11) is 1.55. The molecule has 2 aromatic rings. The summed E-state index contributed by atoms with van der Waals surface area (Å²) in [5.74, 6) is 0.681. The van der Waals surface area contributed by atoms with Crippen molar-refractivity contribution in [3.63, 3.8) is 0 Å². The van der Waals surface area contributed by atoms with E-state index in [1.807, 2.05) is 12.1 Å². The molecule has 0 radical (unpaired) electrons. The van der Waals surface area contributed by atoms with E-state index in [-0.39, 0.29) is 6.61 Å². The van der Waals surface area contributed by atoms with Crippen LogP contribution in [0.5, 0.6) is 11.5 Å². The molecule has 4 nitrogen and oxygen atoms in total. The van der Waals surface area contributed by atoms with Gasteiger partial charge in [0, 0.05) is 6.08 Å². The average molecular weight is 393 g/mol. The second-order valence-corrected chi connectivity index (χ2v) is 6.01. The van der Waals surface area contributed by atoms with E-state index in [0.29, 0.717) is 28.2 Å². The Balaban J connectivity index is 2.05. The van der Waals surface area contributed by atoms with Crippen LogP contribution >= 0.6 is 23.2 Å². The van der Waals surface area contributed by atoms with Crippen molar-refractivity contribution in [2.24, 2.45) is 0 Å². The van der Waals surface area contributed by atoms with Gasteiger partial charge in [0.05, 0.1) is 17.2 Å². The number of rotatable bonds is 8. The topological polar surface area (TPSA) is 44.8 Å². The van der Waals surface area contributed by atoms with Crippen LogP contribution in [0.2, 0.25) is 10.0 Å². The molecule has 2 aromatic carbocycles. The number of benzene rings is 2. The molecule has 0 aliphatic rings. The van der Waals surface area contributed by atoms with Crippen LogP contribution in [0, 0.1) is 0 Å². The lowest BCUT2D eigenvalue weighted by Gasteiger charge is -2.12. The van der Waals surface area contributed by atoms with E-state index in [1.165, 1.54) is 12.2 Å². The van der Waals surface area contributed by atoms with Crippen molar-refractivity contribution in [3.05, 3.63) is 76.3 Å². The highest BCUT2D eigenvalue weighted by molar-refractivity contribution is 6.42. The Morgan fingerprint density at radius 2 is 1.92 bits per heavy atom. The van der Waals surface area contributed by atoms with Gasteiger partial charge in [0.15, 0.2) is 11.5 Å². The Bertz CT molecular complexity index is 815. The van der Waals surface area contributed by atoms with Crippen LogP contribution in [-0.2, 0) is 16.1 Å². The van der Waals surface area contributed by atoms with E-state index < -0.39 is 5.97 Å². The molecule has 0 atom stereocenters. The molecule has 0 heterocycles. The number of hydrogen-bond acceptors (Lipinski definition) is 4. The van der Waals surface area contributed by atoms with Gasteiger partial charge in [-0.15, -0.1) is 0 Å². The normalized spacial score (nSPS) is 10.6. The van der Waals surface area contributed by atoms with Crippen LogP contribution in [0.1, 0.15) is 11.1 Å². The Hall–Kier alpha value is -2.43. The highest BCUT2D eigenvalue weighted by Crippen LogP contribution is 2.30. The Morgan fingerprint density at radius 3 is 2.62 bits per heavy atom. The molecule has 0 unspecified atom stereocenters. The molecule has 6 heteroatoms. The molecule has 0 fully saturated rings. The number of ether oxygens (including phenoxy) is 3. The van der Waals surface area contributed by atoms with Gasteiger partial charge in [-0.05, 0) is 41.5 Å². The van der Waals surface area contributed by atoms with E-state index in [9.17, 15) is 4.79 Å². The number of methoxy groups -OCH3 is 1. The van der Waals surface area contributed by atoms with Gasteiger partial charge in [-0.3, -0.25) is 0 Å². The van der Waals surface area contributed by atoms with Crippen LogP contribution in [0.25, 0.3) is 6.08 Å². The van der Waals surface area contributed by atoms with Crippen LogP contribution in [0.15, 0.2) is 55.1 Å². The lowest BCUT2D eigenvalue weighted by atomic mass is 10.2. The van der Waals surface area contributed by atoms with Gasteiger partial charge in [0.1, 0.15) is 13.2 Å². The molecule has 0 aromatic heterocycles. The van der Waals surface area contributed by atoms with Gasteiger partial charge in [-0.25, -0.2) is 4.79 Å². The van der Waals surface area contributed by atoms with Gasteiger partial charge >= 0.3 is 5.97 Å². The highest BCUT2D eigenvalue weighted by Gasteiger charge is 2.07. The minimum absolute atomic E-state index is 0.175. The van der Waals surface area contributed by atoms with Crippen molar-refractivity contribution in [1.82, 2.24) is 0 Å². The number of esters is 1. The number of carbonyl (C=O) groups is 1. The first kappa shape index (κ1) is 19.9. The quantitative estimate of drug-likeness (QED) is 0.346. The van der Waals surface area contributed by atoms with E-state index in [1.54, 1.807) is 37.5 Å². The van der Waals surface area contributed by atoms with Gasteiger partial charge in [-0.2, -0.15) is 0 Å². The molecule has 0 spiro atoms. The summed E-state index contributed by atoms with van der Waals surface area (Å²) in [5, 5.41) is 0.972. The number of carbonyl (C=O) groups excluding carboxylic acids is 1. The Labute approximate surface area is 162 Å². The predicted octanol–water partition coefficient (Wildman–Crippen LogP) is 5.32. The maximum atomic E-state index is 11.5. The van der Waals surface area contributed by atoms with Crippen LogP contribution in [-0.4, -0.2) is 19.7 Å². The molecule has 0 saturated heterocycles. The minimum Gasteiger partial charge on any atom is -0.493 e. The Kier molecular flexibility index (Phi) is 7.57. The van der Waals surface area contributed by atoms with Gasteiger partial charge in [0.2, 0.25) is 0 Å². The molecule has 0 N–H and O–H groups in total. The smallest absolute Gasteiger partial charge is 0.331 e. The fourth-order valence-electron chi connectivity index (χ4n) is 2.05. The van der Waals surface area contributed by atoms with Crippen LogP contribution in [0.4, 0.5) is 0 Å². The van der Waals surface area contributed by atoms with Crippen LogP contribution in [0.3, 0.4) is 0 Å². The standard InChI is InChI=1S/C20H18Cl2O4/c1-3-10-25-20(23)9-6-14-5-8-18(19(12-14)24-2)26-13-15-4-7-16(21)17(22)11-15/h3-9,11-12H,1,10,13H2,2H3/b9-6+. The van der Waals surface area contributed by atoms with Gasteiger partial charge in [0.25, 0.3) is 0 Å². The zero-order chi connectivity index (χ0) is 18.9. The third-order valence-electron chi connectivity index (χ3n) is 3.32. The van der Waals surface area contributed by atoms with Crippen molar-refractivity contribution in [1.29, 1.82) is 0 Å². The largest absolute Gasteiger partial charge is 0.493 e. The number of hydrogen-bond donors (Lipinski definition) is 0. The van der Waals surface area contributed by atoms with E-state index >= 15 is 0 Å². The molecule has 26 heavy (non-hydrogen) atoms. The molecule has 0 amide bonds. The summed E-state index contributed by atoms with van der Waals surface area (Å²) in [6.45, 7) is 3.98. The lowest BCUT2D eigenvalue weighted by molar-refractivity contribution is -0.136. The summed E-state index contributed by atoms with van der Waals surface area (Å²) in [4.78, 5) is 11.5. The van der Waals surface area contributed by atoms with Crippen molar-refractivity contribution < 1.29 is 19.0 Å². The summed E-state index contributed by atoms with van der Waals surface area (Å²) < 4.78 is 16.0. The summed E-state index contributed by atoms with van der Waals surface area (Å²) >= 11 is 11.9. The van der Waals surface area contributed by atoms with Crippen molar-refractivity contribution in [2.75, 3.05) is 13.7 Å². The first-order valence-electron chi connectivity index (χ1n) is 7.74. The first-order valence-corrected chi connectivity index (χ1v) is 8.49. The number of halogens is 2. The molecule has 0 saturated carbocycles. The molecule has 0 aliphatic carbocycles. The van der Waals surface area contributed by atoms with E-state index in [0.717, 1.165) is 11.1 Å². The summed E-state index contributed by atoms with van der Waals surface area (Å²) in [6.07, 6.45) is 4.49. The second kappa shape index (κ2) is 9.90. The SMILES string of the molecule is C=CCOC(=O)/C=C/c1ccc(OCc2ccc(Cl)c(Cl)c2)c(OC)c1. The molecule has 0 aliphatic heterocycles. The summed E-state index contributed by atoms with van der Waals surface area (Å²) in [6, 6.07) is 10.7. The minimum atomic E-state index is -0.441. The maximum Gasteiger partial charge on any atom is 0.331 e. The zero-order valence-corrected chi connectivity index (χ0v) is 15.7. The first-order chi connectivity index (χ1) is 12.5. The monoisotopic (exact) mass is 392 g/mol. The van der Waals surface area contributed by atoms with Crippen LogP contribution < -0.4 is 9.47 Å². The van der Waals surface area contributed by atoms with Gasteiger partial charge in [-0.1, -0.05) is 48.0 Å². The van der Waals surface area contributed by atoms with Crippen molar-refractivity contribution in [3.8, 4) is 11.5 Å². The third kappa shape index (κ3) is 5.83. The molecule has 0 bridgehead atoms. The fraction of sp³-hybridized carbons (Fsp3) is 0.150. The zero-order valence-electron chi connectivity index (χ0n) is 14.2. The lowest BCUT2D eigenvalue weighted by Crippen LogP contribution is -2.00. The highest BCUT2D eigenvalue weighted by atomic mass is 35.5. The van der Waals surface area contributed by atoms with Crippen molar-refractivity contribution in [2.45, 2.75) is 6.61 Å². The average Bonchev–Trinajstić information content (AvgIpc) is 2.65. The Morgan fingerprint density at radius 1 is 1.12 bits per heavy atom. The molecular weight excluding hydrogens is 375 g/mol. The van der Waals surface area contributed by atoms with Gasteiger partial charge < -0.3 is 14.2 Å². The van der Waals surface area contributed by atoms with Crippen molar-refractivity contribution >= 4 is 35.2 Å². The fourth-order valence-corrected chi connectivity index (χ4v) is 2.37. The second-order valence-electron chi connectivity index (χ2n) is 5.20.